The van der Waals surface area contributed by atoms with E-state index in [4.69, 9.17) is 20.6 Å². The van der Waals surface area contributed by atoms with E-state index >= 15 is 0 Å². The summed E-state index contributed by atoms with van der Waals surface area (Å²) >= 11 is 0. The normalized spacial score (nSPS) is 13.9. The SMILES string of the molecule is C#Cc1cc(-c2ncnc(Nc3ccc(OC(F)F)c(OC)c3)n2)ccc1OC1CCOCC1. The summed E-state index contributed by atoms with van der Waals surface area (Å²) in [7, 11) is 1.36. The van der Waals surface area contributed by atoms with E-state index in [1.165, 1.54) is 25.6 Å². The van der Waals surface area contributed by atoms with E-state index in [0.717, 1.165) is 12.8 Å². The molecule has 1 saturated heterocycles. The zero-order valence-corrected chi connectivity index (χ0v) is 18.3. The van der Waals surface area contributed by atoms with Crippen LogP contribution in [-0.4, -0.2) is 48.0 Å². The Kier molecular flexibility index (Phi) is 7.34. The standard InChI is InChI=1S/C24H22F2N4O4/c1-3-15-12-16(4-6-19(15)33-18-8-10-32-11-9-18)22-27-14-28-24(30-22)29-17-5-7-20(34-23(25)26)21(13-17)31-2/h1,4-7,12-14,18,23H,8-11H2,2H3,(H,27,28,29,30). The van der Waals surface area contributed by atoms with Crippen LogP contribution >= 0.6 is 0 Å². The molecule has 0 saturated carbocycles. The van der Waals surface area contributed by atoms with Gasteiger partial charge in [-0.2, -0.15) is 13.8 Å². The third kappa shape index (κ3) is 5.68. The van der Waals surface area contributed by atoms with Gasteiger partial charge in [-0.3, -0.25) is 0 Å². The molecule has 3 aromatic rings. The van der Waals surface area contributed by atoms with Crippen molar-refractivity contribution in [2.24, 2.45) is 0 Å². The van der Waals surface area contributed by atoms with Crippen molar-refractivity contribution < 1.29 is 27.7 Å². The van der Waals surface area contributed by atoms with Gasteiger partial charge in [0.15, 0.2) is 17.3 Å². The maximum Gasteiger partial charge on any atom is 0.387 e. The minimum absolute atomic E-state index is 0.0640. The van der Waals surface area contributed by atoms with Crippen molar-refractivity contribution in [3.63, 3.8) is 0 Å². The second kappa shape index (κ2) is 10.8. The molecule has 34 heavy (non-hydrogen) atoms. The van der Waals surface area contributed by atoms with Crippen molar-refractivity contribution >= 4 is 11.6 Å². The Morgan fingerprint density at radius 1 is 1.09 bits per heavy atom. The zero-order valence-electron chi connectivity index (χ0n) is 18.3. The van der Waals surface area contributed by atoms with Crippen molar-refractivity contribution in [1.82, 2.24) is 15.0 Å². The molecule has 2 heterocycles. The summed E-state index contributed by atoms with van der Waals surface area (Å²) in [4.78, 5) is 12.8. The van der Waals surface area contributed by atoms with E-state index in [0.29, 0.717) is 41.6 Å². The molecule has 0 radical (unpaired) electrons. The van der Waals surface area contributed by atoms with Crippen LogP contribution in [0.5, 0.6) is 17.2 Å². The van der Waals surface area contributed by atoms with Gasteiger partial charge in [-0.05, 0) is 30.3 Å². The Morgan fingerprint density at radius 3 is 2.62 bits per heavy atom. The largest absolute Gasteiger partial charge is 0.493 e. The van der Waals surface area contributed by atoms with Crippen molar-refractivity contribution in [2.75, 3.05) is 25.6 Å². The number of terminal acetylenes is 1. The van der Waals surface area contributed by atoms with Crippen LogP contribution in [0.25, 0.3) is 11.4 Å². The number of alkyl halides is 2. The Bertz CT molecular complexity index is 1180. The molecule has 2 aromatic carbocycles. The molecule has 1 N–H and O–H groups in total. The Hall–Kier alpha value is -3.97. The van der Waals surface area contributed by atoms with Crippen molar-refractivity contribution in [3.8, 4) is 41.0 Å². The number of aromatic nitrogens is 3. The Balaban J connectivity index is 1.52. The summed E-state index contributed by atoms with van der Waals surface area (Å²) in [6.07, 6.45) is 8.77. The first kappa shape index (κ1) is 23.2. The second-order valence-electron chi connectivity index (χ2n) is 7.29. The molecule has 1 fully saturated rings. The lowest BCUT2D eigenvalue weighted by atomic mass is 10.1. The number of anilines is 2. The number of hydrogen-bond acceptors (Lipinski definition) is 8. The molecular formula is C24H22F2N4O4. The lowest BCUT2D eigenvalue weighted by Gasteiger charge is -2.24. The topological polar surface area (TPSA) is 87.6 Å². The average Bonchev–Trinajstić information content (AvgIpc) is 2.85. The number of nitrogens with zero attached hydrogens (tertiary/aromatic N) is 3. The number of hydrogen-bond donors (Lipinski definition) is 1. The van der Waals surface area contributed by atoms with Crippen LogP contribution in [0.4, 0.5) is 20.4 Å². The predicted octanol–water partition coefficient (Wildman–Crippen LogP) is 4.43. The molecule has 0 bridgehead atoms. The first-order valence-electron chi connectivity index (χ1n) is 10.5. The molecule has 4 rings (SSSR count). The molecule has 0 spiro atoms. The maximum absolute atomic E-state index is 12.5. The van der Waals surface area contributed by atoms with E-state index in [2.05, 4.69) is 30.9 Å². The molecule has 0 aliphatic carbocycles. The van der Waals surface area contributed by atoms with Gasteiger partial charge in [0.1, 0.15) is 18.2 Å². The van der Waals surface area contributed by atoms with Crippen molar-refractivity contribution in [2.45, 2.75) is 25.6 Å². The van der Waals surface area contributed by atoms with Crippen LogP contribution in [0.15, 0.2) is 42.7 Å². The lowest BCUT2D eigenvalue weighted by molar-refractivity contribution is -0.0512. The first-order chi connectivity index (χ1) is 16.6. The monoisotopic (exact) mass is 468 g/mol. The molecule has 1 aliphatic heterocycles. The summed E-state index contributed by atoms with van der Waals surface area (Å²) in [6.45, 7) is -1.62. The second-order valence-corrected chi connectivity index (χ2v) is 7.29. The smallest absolute Gasteiger partial charge is 0.387 e. The minimum Gasteiger partial charge on any atom is -0.493 e. The highest BCUT2D eigenvalue weighted by atomic mass is 19.3. The van der Waals surface area contributed by atoms with Crippen LogP contribution in [0.1, 0.15) is 18.4 Å². The summed E-state index contributed by atoms with van der Waals surface area (Å²) < 4.78 is 46.1. The Labute approximate surface area is 195 Å². The molecule has 1 aliphatic rings. The fourth-order valence-corrected chi connectivity index (χ4v) is 3.42. The third-order valence-corrected chi connectivity index (χ3v) is 5.06. The summed E-state index contributed by atoms with van der Waals surface area (Å²) in [5.74, 6) is 3.99. The summed E-state index contributed by atoms with van der Waals surface area (Å²) in [5.41, 5.74) is 1.80. The van der Waals surface area contributed by atoms with E-state index in [-0.39, 0.29) is 23.6 Å². The van der Waals surface area contributed by atoms with Crippen LogP contribution < -0.4 is 19.5 Å². The molecule has 176 valence electrons. The van der Waals surface area contributed by atoms with E-state index in [1.54, 1.807) is 12.1 Å². The van der Waals surface area contributed by atoms with Gasteiger partial charge in [0.05, 0.1) is 25.9 Å². The molecular weight excluding hydrogens is 446 g/mol. The third-order valence-electron chi connectivity index (χ3n) is 5.06. The van der Waals surface area contributed by atoms with Crippen LogP contribution in [0.3, 0.4) is 0 Å². The fraction of sp³-hybridized carbons (Fsp3) is 0.292. The summed E-state index contributed by atoms with van der Waals surface area (Å²) in [5, 5.41) is 3.00. The number of halogens is 2. The van der Waals surface area contributed by atoms with Crippen LogP contribution in [0, 0.1) is 12.3 Å². The van der Waals surface area contributed by atoms with E-state index in [9.17, 15) is 8.78 Å². The van der Waals surface area contributed by atoms with Gasteiger partial charge in [0, 0.05) is 30.2 Å². The van der Waals surface area contributed by atoms with Gasteiger partial charge in [-0.25, -0.2) is 9.97 Å². The average molecular weight is 468 g/mol. The molecule has 8 nitrogen and oxygen atoms in total. The molecule has 1 aromatic heterocycles. The first-order valence-corrected chi connectivity index (χ1v) is 10.5. The lowest BCUT2D eigenvalue weighted by Crippen LogP contribution is -2.26. The van der Waals surface area contributed by atoms with E-state index < -0.39 is 6.61 Å². The zero-order chi connectivity index (χ0) is 23.9. The molecule has 10 heteroatoms. The highest BCUT2D eigenvalue weighted by Gasteiger charge is 2.17. The number of ether oxygens (including phenoxy) is 4. The minimum atomic E-state index is -2.96. The van der Waals surface area contributed by atoms with Crippen molar-refractivity contribution in [1.29, 1.82) is 0 Å². The fourth-order valence-electron chi connectivity index (χ4n) is 3.42. The van der Waals surface area contributed by atoms with Crippen LogP contribution in [0.2, 0.25) is 0 Å². The predicted molar refractivity (Wildman–Crippen MR) is 121 cm³/mol. The van der Waals surface area contributed by atoms with Gasteiger partial charge in [0.2, 0.25) is 5.95 Å². The number of rotatable bonds is 8. The van der Waals surface area contributed by atoms with Crippen molar-refractivity contribution in [3.05, 3.63) is 48.3 Å². The van der Waals surface area contributed by atoms with Gasteiger partial charge >= 0.3 is 6.61 Å². The van der Waals surface area contributed by atoms with Gasteiger partial charge in [-0.15, -0.1) is 6.42 Å². The number of benzene rings is 2. The van der Waals surface area contributed by atoms with Gasteiger partial charge < -0.3 is 24.3 Å². The molecule has 0 atom stereocenters. The quantitative estimate of drug-likeness (QED) is 0.486. The molecule has 0 amide bonds. The maximum atomic E-state index is 12.5. The van der Waals surface area contributed by atoms with Gasteiger partial charge in [-0.1, -0.05) is 5.92 Å². The van der Waals surface area contributed by atoms with Gasteiger partial charge in [0.25, 0.3) is 0 Å². The van der Waals surface area contributed by atoms with Crippen LogP contribution in [-0.2, 0) is 4.74 Å². The molecule has 0 unspecified atom stereocenters. The summed E-state index contributed by atoms with van der Waals surface area (Å²) in [6, 6.07) is 9.83. The number of nitrogens with one attached hydrogen (secondary N) is 1. The highest BCUT2D eigenvalue weighted by molar-refractivity contribution is 5.64. The Morgan fingerprint density at radius 2 is 1.88 bits per heavy atom. The van der Waals surface area contributed by atoms with E-state index in [1.807, 2.05) is 12.1 Å². The highest BCUT2D eigenvalue weighted by Crippen LogP contribution is 2.32. The number of methoxy groups -OCH3 is 1.